The summed E-state index contributed by atoms with van der Waals surface area (Å²) in [5, 5.41) is 3.56. The van der Waals surface area contributed by atoms with Gasteiger partial charge in [-0.1, -0.05) is 38.1 Å². The Hall–Kier alpha value is -2.49. The van der Waals surface area contributed by atoms with E-state index in [9.17, 15) is 4.79 Å². The van der Waals surface area contributed by atoms with E-state index in [1.807, 2.05) is 67.3 Å². The third-order valence-corrected chi connectivity index (χ3v) is 4.64. The van der Waals surface area contributed by atoms with Crippen molar-refractivity contribution in [1.29, 1.82) is 0 Å². The van der Waals surface area contributed by atoms with E-state index in [2.05, 4.69) is 19.2 Å². The lowest BCUT2D eigenvalue weighted by Crippen LogP contribution is -2.55. The highest BCUT2D eigenvalue weighted by molar-refractivity contribution is 6.02. The van der Waals surface area contributed by atoms with E-state index in [4.69, 9.17) is 4.74 Å². The number of hydrogen-bond acceptors (Lipinski definition) is 3. The van der Waals surface area contributed by atoms with Crippen LogP contribution in [0.25, 0.3) is 0 Å². The van der Waals surface area contributed by atoms with Gasteiger partial charge in [0, 0.05) is 12.2 Å². The maximum atomic E-state index is 12.9. The maximum absolute atomic E-state index is 12.9. The second-order valence-corrected chi connectivity index (χ2v) is 7.02. The van der Waals surface area contributed by atoms with Crippen molar-refractivity contribution < 1.29 is 9.53 Å². The summed E-state index contributed by atoms with van der Waals surface area (Å²) in [6, 6.07) is 15.7. The molecule has 2 aromatic rings. The Morgan fingerprint density at radius 2 is 1.80 bits per heavy atom. The molecule has 0 fully saturated rings. The molecule has 4 heteroatoms. The zero-order chi connectivity index (χ0) is 18.0. The average molecular weight is 338 g/mol. The summed E-state index contributed by atoms with van der Waals surface area (Å²) in [6.45, 7) is 9.64. The molecule has 2 aromatic carbocycles. The Morgan fingerprint density at radius 1 is 1.12 bits per heavy atom. The molecule has 4 nitrogen and oxygen atoms in total. The molecule has 0 aromatic heterocycles. The van der Waals surface area contributed by atoms with Gasteiger partial charge in [0.1, 0.15) is 11.4 Å². The van der Waals surface area contributed by atoms with Crippen molar-refractivity contribution >= 4 is 11.6 Å². The van der Waals surface area contributed by atoms with Crippen LogP contribution in [0.15, 0.2) is 48.5 Å². The number of hydrogen-bond donors (Lipinski definition) is 1. The number of ether oxygens (including phenoxy) is 1. The minimum atomic E-state index is -0.587. The number of fused-ring (bicyclic) bond motifs is 1. The molecule has 0 radical (unpaired) electrons. The molecule has 132 valence electrons. The fraction of sp³-hybridized carbons (Fsp3) is 0.381. The molecule has 1 atom stereocenters. The second kappa shape index (κ2) is 6.79. The first-order chi connectivity index (χ1) is 12.0. The monoisotopic (exact) mass is 338 g/mol. The van der Waals surface area contributed by atoms with Gasteiger partial charge < -0.3 is 15.0 Å². The minimum absolute atomic E-state index is 0.0551. The van der Waals surface area contributed by atoms with Crippen molar-refractivity contribution in [3.05, 3.63) is 59.7 Å². The van der Waals surface area contributed by atoms with Crippen LogP contribution < -0.4 is 10.1 Å². The summed E-state index contributed by atoms with van der Waals surface area (Å²) in [5.74, 6) is 1.40. The Labute approximate surface area is 149 Å². The molecular weight excluding hydrogens is 312 g/mol. The maximum Gasteiger partial charge on any atom is 0.258 e. The van der Waals surface area contributed by atoms with E-state index in [1.165, 1.54) is 0 Å². The van der Waals surface area contributed by atoms with Crippen LogP contribution in [0.1, 0.15) is 43.6 Å². The normalized spacial score (nSPS) is 19.6. The third kappa shape index (κ3) is 3.21. The summed E-state index contributed by atoms with van der Waals surface area (Å²) >= 11 is 0. The number of nitrogens with zero attached hydrogens (tertiary/aromatic N) is 1. The molecule has 0 saturated heterocycles. The molecule has 1 aliphatic heterocycles. The Kier molecular flexibility index (Phi) is 4.71. The number of nitrogens with one attached hydrogen (secondary N) is 1. The fourth-order valence-corrected chi connectivity index (χ4v) is 3.28. The van der Waals surface area contributed by atoms with Crippen LogP contribution in [0.3, 0.4) is 0 Å². The zero-order valence-corrected chi connectivity index (χ0v) is 15.4. The van der Waals surface area contributed by atoms with E-state index < -0.39 is 5.66 Å². The number of carbonyl (C=O) groups excluding carboxylic acids is 1. The first-order valence-electron chi connectivity index (χ1n) is 8.88. The zero-order valence-electron chi connectivity index (χ0n) is 15.4. The molecule has 0 bridgehead atoms. The van der Waals surface area contributed by atoms with E-state index >= 15 is 0 Å². The van der Waals surface area contributed by atoms with Crippen molar-refractivity contribution in [3.8, 4) is 5.75 Å². The van der Waals surface area contributed by atoms with E-state index in [0.29, 0.717) is 19.1 Å². The van der Waals surface area contributed by atoms with E-state index in [0.717, 1.165) is 22.6 Å². The van der Waals surface area contributed by atoms with Crippen molar-refractivity contribution in [2.75, 3.05) is 18.5 Å². The van der Waals surface area contributed by atoms with Gasteiger partial charge in [0.05, 0.1) is 12.2 Å². The molecular formula is C21H26N2O2. The summed E-state index contributed by atoms with van der Waals surface area (Å²) in [4.78, 5) is 14.8. The number of benzene rings is 2. The molecule has 1 N–H and O–H groups in total. The summed E-state index contributed by atoms with van der Waals surface area (Å²) in [5.41, 5.74) is 2.05. The smallest absolute Gasteiger partial charge is 0.258 e. The third-order valence-electron chi connectivity index (χ3n) is 4.64. The number of para-hydroxylation sites is 1. The van der Waals surface area contributed by atoms with Gasteiger partial charge in [-0.05, 0) is 49.6 Å². The SMILES string of the molecule is CCN1C(=O)c2ccccc2NC1(C)c1ccc(OCC(C)C)cc1. The summed E-state index contributed by atoms with van der Waals surface area (Å²) in [6.07, 6.45) is 0. The van der Waals surface area contributed by atoms with Crippen molar-refractivity contribution in [1.82, 2.24) is 4.90 Å². The fourth-order valence-electron chi connectivity index (χ4n) is 3.28. The Balaban J connectivity index is 1.93. The van der Waals surface area contributed by atoms with E-state index in [-0.39, 0.29) is 5.91 Å². The molecule has 25 heavy (non-hydrogen) atoms. The predicted molar refractivity (Wildman–Crippen MR) is 101 cm³/mol. The van der Waals surface area contributed by atoms with Crippen molar-refractivity contribution in [2.24, 2.45) is 5.92 Å². The molecule has 1 aliphatic rings. The van der Waals surface area contributed by atoms with Gasteiger partial charge in [-0.2, -0.15) is 0 Å². The van der Waals surface area contributed by atoms with Gasteiger partial charge in [0.15, 0.2) is 0 Å². The van der Waals surface area contributed by atoms with Crippen LogP contribution in [0.4, 0.5) is 5.69 Å². The van der Waals surface area contributed by atoms with Gasteiger partial charge in [-0.25, -0.2) is 0 Å². The molecule has 1 heterocycles. The largest absolute Gasteiger partial charge is 0.493 e. The summed E-state index contributed by atoms with van der Waals surface area (Å²) < 4.78 is 5.77. The van der Waals surface area contributed by atoms with Gasteiger partial charge >= 0.3 is 0 Å². The Morgan fingerprint density at radius 3 is 2.44 bits per heavy atom. The van der Waals surface area contributed by atoms with Crippen LogP contribution in [-0.4, -0.2) is 24.0 Å². The summed E-state index contributed by atoms with van der Waals surface area (Å²) in [7, 11) is 0. The first kappa shape index (κ1) is 17.3. The lowest BCUT2D eigenvalue weighted by molar-refractivity contribution is 0.0553. The molecule has 3 rings (SSSR count). The lowest BCUT2D eigenvalue weighted by Gasteiger charge is -2.46. The van der Waals surface area contributed by atoms with Gasteiger partial charge in [0.2, 0.25) is 0 Å². The number of amides is 1. The molecule has 0 spiro atoms. The molecule has 1 amide bonds. The standard InChI is InChI=1S/C21H26N2O2/c1-5-23-20(24)18-8-6-7-9-19(18)22-21(23,4)16-10-12-17(13-11-16)25-14-15(2)3/h6-13,15,22H,5,14H2,1-4H3. The highest BCUT2D eigenvalue weighted by atomic mass is 16.5. The van der Waals surface area contributed by atoms with Gasteiger partial charge in [0.25, 0.3) is 5.91 Å². The van der Waals surface area contributed by atoms with Crippen LogP contribution in [-0.2, 0) is 5.66 Å². The van der Waals surface area contributed by atoms with Gasteiger partial charge in [-0.15, -0.1) is 0 Å². The van der Waals surface area contributed by atoms with Crippen LogP contribution >= 0.6 is 0 Å². The topological polar surface area (TPSA) is 41.6 Å². The van der Waals surface area contributed by atoms with Crippen LogP contribution in [0, 0.1) is 5.92 Å². The minimum Gasteiger partial charge on any atom is -0.493 e. The van der Waals surface area contributed by atoms with Crippen LogP contribution in [0.2, 0.25) is 0 Å². The lowest BCUT2D eigenvalue weighted by atomic mass is 9.93. The number of rotatable bonds is 5. The highest BCUT2D eigenvalue weighted by Crippen LogP contribution is 2.37. The van der Waals surface area contributed by atoms with Crippen molar-refractivity contribution in [2.45, 2.75) is 33.4 Å². The first-order valence-corrected chi connectivity index (χ1v) is 8.88. The number of carbonyl (C=O) groups is 1. The van der Waals surface area contributed by atoms with E-state index in [1.54, 1.807) is 0 Å². The average Bonchev–Trinajstić information content (AvgIpc) is 2.60. The molecule has 1 unspecified atom stereocenters. The van der Waals surface area contributed by atoms with Gasteiger partial charge in [-0.3, -0.25) is 4.79 Å². The molecule has 0 aliphatic carbocycles. The predicted octanol–water partition coefficient (Wildman–Crippen LogP) is 4.48. The number of anilines is 1. The van der Waals surface area contributed by atoms with Crippen LogP contribution in [0.5, 0.6) is 5.75 Å². The quantitative estimate of drug-likeness (QED) is 0.874. The highest BCUT2D eigenvalue weighted by Gasteiger charge is 2.41. The van der Waals surface area contributed by atoms with Crippen molar-refractivity contribution in [3.63, 3.8) is 0 Å². The molecule has 0 saturated carbocycles. The second-order valence-electron chi connectivity index (χ2n) is 7.02. The Bertz CT molecular complexity index is 755.